The summed E-state index contributed by atoms with van der Waals surface area (Å²) in [6, 6.07) is 18.4. The number of hydrogen-bond acceptors (Lipinski definition) is 3. The zero-order chi connectivity index (χ0) is 19.2. The topological polar surface area (TPSA) is 23.6 Å². The van der Waals surface area contributed by atoms with Gasteiger partial charge in [-0.15, -0.1) is 0 Å². The summed E-state index contributed by atoms with van der Waals surface area (Å²) in [4.78, 5) is 16.5. The Morgan fingerprint density at radius 3 is 2.30 bits per heavy atom. The normalized spacial score (nSPS) is 12.1. The second-order valence-electron chi connectivity index (χ2n) is 6.66. The average molecular weight is 383 g/mol. The molecule has 0 saturated heterocycles. The van der Waals surface area contributed by atoms with Gasteiger partial charge in [0.05, 0.1) is 12.6 Å². The van der Waals surface area contributed by atoms with Crippen molar-refractivity contribution in [3.8, 4) is 0 Å². The van der Waals surface area contributed by atoms with Crippen LogP contribution in [0, 0.1) is 5.82 Å². The predicted molar refractivity (Wildman–Crippen MR) is 108 cm³/mol. The Kier molecular flexibility index (Phi) is 6.37. The summed E-state index contributed by atoms with van der Waals surface area (Å²) in [5.41, 5.74) is 3.16. The Morgan fingerprint density at radius 1 is 1.00 bits per heavy atom. The highest BCUT2D eigenvalue weighted by Crippen LogP contribution is 2.27. The maximum absolute atomic E-state index is 13.4. The second kappa shape index (κ2) is 8.93. The number of halogens is 1. The third-order valence-corrected chi connectivity index (χ3v) is 5.28. The average Bonchev–Trinajstić information content (AvgIpc) is 3.17. The highest BCUT2D eigenvalue weighted by atomic mass is 32.1. The zero-order valence-electron chi connectivity index (χ0n) is 15.5. The summed E-state index contributed by atoms with van der Waals surface area (Å²) < 4.78 is 13.4. The minimum Gasteiger partial charge on any atom is -0.340 e. The summed E-state index contributed by atoms with van der Waals surface area (Å²) in [5.74, 6) is -0.216. The molecule has 0 fully saturated rings. The van der Waals surface area contributed by atoms with Gasteiger partial charge in [0.1, 0.15) is 5.82 Å². The standard InChI is InChI=1S/C22H23FN2OS/c1-24(14-17-12-13-27-16-17)21(26)15-25(2)22(18-6-4-3-5-7-18)19-8-10-20(23)11-9-19/h3-13,16,22H,14-15H2,1-2H3/t22-/m0/s1. The molecule has 1 heterocycles. The van der Waals surface area contributed by atoms with Crippen molar-refractivity contribution >= 4 is 17.2 Å². The third kappa shape index (κ3) is 5.02. The zero-order valence-corrected chi connectivity index (χ0v) is 16.3. The van der Waals surface area contributed by atoms with Crippen LogP contribution in [-0.2, 0) is 11.3 Å². The van der Waals surface area contributed by atoms with Crippen molar-refractivity contribution in [2.45, 2.75) is 12.6 Å². The number of rotatable bonds is 7. The van der Waals surface area contributed by atoms with Crippen LogP contribution in [-0.4, -0.2) is 36.3 Å². The van der Waals surface area contributed by atoms with E-state index in [0.29, 0.717) is 6.54 Å². The Hall–Kier alpha value is -2.50. The molecule has 0 unspecified atom stereocenters. The van der Waals surface area contributed by atoms with Crippen molar-refractivity contribution in [1.82, 2.24) is 9.80 Å². The molecule has 1 amide bonds. The molecule has 27 heavy (non-hydrogen) atoms. The Bertz CT molecular complexity index is 850. The van der Waals surface area contributed by atoms with E-state index >= 15 is 0 Å². The summed E-state index contributed by atoms with van der Waals surface area (Å²) in [6.45, 7) is 0.875. The Morgan fingerprint density at radius 2 is 1.67 bits per heavy atom. The lowest BCUT2D eigenvalue weighted by Gasteiger charge is -2.30. The number of carbonyl (C=O) groups is 1. The molecular formula is C22H23FN2OS. The van der Waals surface area contributed by atoms with Gasteiger partial charge in [-0.3, -0.25) is 9.69 Å². The minimum atomic E-state index is -0.264. The maximum atomic E-state index is 13.4. The van der Waals surface area contributed by atoms with Crippen molar-refractivity contribution in [2.75, 3.05) is 20.6 Å². The van der Waals surface area contributed by atoms with E-state index in [0.717, 1.165) is 16.7 Å². The van der Waals surface area contributed by atoms with Gasteiger partial charge in [0.2, 0.25) is 5.91 Å². The summed E-state index contributed by atoms with van der Waals surface area (Å²) in [6.07, 6.45) is 0. The molecule has 140 valence electrons. The van der Waals surface area contributed by atoms with Crippen molar-refractivity contribution < 1.29 is 9.18 Å². The first-order valence-corrected chi connectivity index (χ1v) is 9.74. The van der Waals surface area contributed by atoms with E-state index in [4.69, 9.17) is 0 Å². The second-order valence-corrected chi connectivity index (χ2v) is 7.44. The molecule has 0 spiro atoms. The quantitative estimate of drug-likeness (QED) is 0.598. The molecule has 3 nitrogen and oxygen atoms in total. The van der Waals surface area contributed by atoms with E-state index in [1.165, 1.54) is 12.1 Å². The molecular weight excluding hydrogens is 359 g/mol. The molecule has 3 aromatic rings. The number of nitrogens with zero attached hydrogens (tertiary/aromatic N) is 2. The number of thiophene rings is 1. The van der Waals surface area contributed by atoms with Crippen molar-refractivity contribution in [3.63, 3.8) is 0 Å². The van der Waals surface area contributed by atoms with Gasteiger partial charge in [0.15, 0.2) is 0 Å². The van der Waals surface area contributed by atoms with Crippen LogP contribution in [0.4, 0.5) is 4.39 Å². The van der Waals surface area contributed by atoms with Crippen molar-refractivity contribution in [1.29, 1.82) is 0 Å². The van der Waals surface area contributed by atoms with Gasteiger partial charge in [-0.2, -0.15) is 11.3 Å². The summed E-state index contributed by atoms with van der Waals surface area (Å²) >= 11 is 1.63. The van der Waals surface area contributed by atoms with E-state index in [1.807, 2.05) is 60.8 Å². The molecule has 0 saturated carbocycles. The number of likely N-dealkylation sites (N-methyl/N-ethyl adjacent to an activating group) is 2. The van der Waals surface area contributed by atoms with Gasteiger partial charge in [-0.1, -0.05) is 42.5 Å². The first-order chi connectivity index (χ1) is 13.0. The Labute approximate surface area is 163 Å². The molecule has 0 aliphatic rings. The monoisotopic (exact) mass is 382 g/mol. The maximum Gasteiger partial charge on any atom is 0.236 e. The van der Waals surface area contributed by atoms with Gasteiger partial charge < -0.3 is 4.90 Å². The highest BCUT2D eigenvalue weighted by molar-refractivity contribution is 7.07. The van der Waals surface area contributed by atoms with Crippen LogP contribution in [0.1, 0.15) is 22.7 Å². The first-order valence-electron chi connectivity index (χ1n) is 8.80. The molecule has 3 rings (SSSR count). The van der Waals surface area contributed by atoms with Gasteiger partial charge in [-0.25, -0.2) is 4.39 Å². The van der Waals surface area contributed by atoms with Crippen LogP contribution >= 0.6 is 11.3 Å². The number of carbonyl (C=O) groups excluding carboxylic acids is 1. The number of hydrogen-bond donors (Lipinski definition) is 0. The molecule has 0 radical (unpaired) electrons. The van der Waals surface area contributed by atoms with Gasteiger partial charge >= 0.3 is 0 Å². The van der Waals surface area contributed by atoms with E-state index in [1.54, 1.807) is 28.4 Å². The number of amides is 1. The molecule has 0 N–H and O–H groups in total. The highest BCUT2D eigenvalue weighted by Gasteiger charge is 2.22. The lowest BCUT2D eigenvalue weighted by atomic mass is 9.97. The third-order valence-electron chi connectivity index (χ3n) is 4.55. The van der Waals surface area contributed by atoms with E-state index < -0.39 is 0 Å². The van der Waals surface area contributed by atoms with Crippen LogP contribution < -0.4 is 0 Å². The Balaban J connectivity index is 1.77. The largest absolute Gasteiger partial charge is 0.340 e. The fourth-order valence-electron chi connectivity index (χ4n) is 3.15. The summed E-state index contributed by atoms with van der Waals surface area (Å²) in [7, 11) is 3.75. The molecule has 0 aliphatic carbocycles. The first kappa shape index (κ1) is 19.3. The van der Waals surface area contributed by atoms with E-state index in [2.05, 4.69) is 5.38 Å². The molecule has 0 aliphatic heterocycles. The molecule has 0 bridgehead atoms. The fraction of sp³-hybridized carbons (Fsp3) is 0.227. The van der Waals surface area contributed by atoms with Gasteiger partial charge in [0, 0.05) is 13.6 Å². The van der Waals surface area contributed by atoms with E-state index in [9.17, 15) is 9.18 Å². The lowest BCUT2D eigenvalue weighted by Crippen LogP contribution is -2.38. The van der Waals surface area contributed by atoms with Crippen LogP contribution in [0.5, 0.6) is 0 Å². The minimum absolute atomic E-state index is 0.0479. The van der Waals surface area contributed by atoms with Crippen LogP contribution in [0.15, 0.2) is 71.4 Å². The van der Waals surface area contributed by atoms with Crippen molar-refractivity contribution in [2.24, 2.45) is 0 Å². The van der Waals surface area contributed by atoms with Gasteiger partial charge in [0.25, 0.3) is 0 Å². The number of benzene rings is 2. The van der Waals surface area contributed by atoms with Crippen molar-refractivity contribution in [3.05, 3.63) is 93.9 Å². The lowest BCUT2D eigenvalue weighted by molar-refractivity contribution is -0.131. The summed E-state index contributed by atoms with van der Waals surface area (Å²) in [5, 5.41) is 4.07. The van der Waals surface area contributed by atoms with Gasteiger partial charge in [-0.05, 0) is 52.7 Å². The fourth-order valence-corrected chi connectivity index (χ4v) is 3.81. The van der Waals surface area contributed by atoms with E-state index in [-0.39, 0.29) is 24.3 Å². The van der Waals surface area contributed by atoms with Crippen LogP contribution in [0.3, 0.4) is 0 Å². The molecule has 1 atom stereocenters. The SMILES string of the molecule is CN(Cc1ccsc1)C(=O)CN(C)[C@@H](c1ccccc1)c1ccc(F)cc1. The predicted octanol–water partition coefficient (Wildman–Crippen LogP) is 4.57. The molecule has 5 heteroatoms. The molecule has 1 aromatic heterocycles. The van der Waals surface area contributed by atoms with Crippen LogP contribution in [0.25, 0.3) is 0 Å². The molecule has 2 aromatic carbocycles. The van der Waals surface area contributed by atoms with Crippen LogP contribution in [0.2, 0.25) is 0 Å². The smallest absolute Gasteiger partial charge is 0.236 e.